The van der Waals surface area contributed by atoms with Crippen LogP contribution in [-0.4, -0.2) is 5.16 Å². The molecule has 1 heterocycles. The van der Waals surface area contributed by atoms with E-state index in [2.05, 4.69) is 50.2 Å². The lowest BCUT2D eigenvalue weighted by molar-refractivity contribution is 0.269. The van der Waals surface area contributed by atoms with Crippen LogP contribution in [0.4, 0.5) is 5.82 Å². The minimum absolute atomic E-state index is 0.255. The summed E-state index contributed by atoms with van der Waals surface area (Å²) in [4.78, 5) is 0. The molecule has 2 N–H and O–H groups in total. The van der Waals surface area contributed by atoms with Crippen LogP contribution in [0.1, 0.15) is 50.4 Å². The minimum atomic E-state index is 0.255. The molecule has 20 heavy (non-hydrogen) atoms. The summed E-state index contributed by atoms with van der Waals surface area (Å²) in [7, 11) is 0. The second kappa shape index (κ2) is 4.65. The standard InChI is InChI=1S/C17H22N2O/c1-11-6-4-7-12(10-11)14-15(20-19-16(14)18)13-8-5-9-17(13,2)3/h4,6-7,10,13H,5,8-9H2,1-3H3,(H2,18,19). The highest BCUT2D eigenvalue weighted by atomic mass is 16.5. The highest BCUT2D eigenvalue weighted by Gasteiger charge is 2.40. The van der Waals surface area contributed by atoms with Crippen molar-refractivity contribution in [3.63, 3.8) is 0 Å². The molecule has 1 saturated carbocycles. The van der Waals surface area contributed by atoms with Gasteiger partial charge in [0.05, 0.1) is 5.56 Å². The van der Waals surface area contributed by atoms with Gasteiger partial charge >= 0.3 is 0 Å². The van der Waals surface area contributed by atoms with Gasteiger partial charge in [-0.25, -0.2) is 0 Å². The van der Waals surface area contributed by atoms with E-state index in [-0.39, 0.29) is 5.41 Å². The number of anilines is 1. The fourth-order valence-corrected chi connectivity index (χ4v) is 3.46. The van der Waals surface area contributed by atoms with Gasteiger partial charge in [-0.3, -0.25) is 0 Å². The second-order valence-corrected chi connectivity index (χ2v) is 6.61. The number of nitrogens with zero attached hydrogens (tertiary/aromatic N) is 1. The smallest absolute Gasteiger partial charge is 0.175 e. The van der Waals surface area contributed by atoms with Gasteiger partial charge < -0.3 is 10.3 Å². The fraction of sp³-hybridized carbons (Fsp3) is 0.471. The number of nitrogens with two attached hydrogens (primary N) is 1. The molecule has 2 aromatic rings. The Balaban J connectivity index is 2.11. The third kappa shape index (κ3) is 2.11. The zero-order valence-corrected chi connectivity index (χ0v) is 12.4. The molecule has 1 unspecified atom stereocenters. The molecule has 1 aliphatic rings. The maximum Gasteiger partial charge on any atom is 0.175 e. The lowest BCUT2D eigenvalue weighted by atomic mass is 9.79. The van der Waals surface area contributed by atoms with E-state index in [4.69, 9.17) is 10.3 Å². The van der Waals surface area contributed by atoms with Gasteiger partial charge in [0.15, 0.2) is 5.82 Å². The molecule has 0 radical (unpaired) electrons. The van der Waals surface area contributed by atoms with Gasteiger partial charge in [-0.1, -0.05) is 55.3 Å². The summed E-state index contributed by atoms with van der Waals surface area (Å²) in [5.41, 5.74) is 9.66. The molecule has 1 fully saturated rings. The van der Waals surface area contributed by atoms with Gasteiger partial charge in [0.2, 0.25) is 0 Å². The largest absolute Gasteiger partial charge is 0.380 e. The monoisotopic (exact) mass is 270 g/mol. The third-order valence-electron chi connectivity index (χ3n) is 4.63. The van der Waals surface area contributed by atoms with Crippen molar-refractivity contribution >= 4 is 5.82 Å². The first-order chi connectivity index (χ1) is 9.49. The molecule has 1 aliphatic carbocycles. The third-order valence-corrected chi connectivity index (χ3v) is 4.63. The molecule has 3 heteroatoms. The SMILES string of the molecule is Cc1cccc(-c2c(N)noc2C2CCCC2(C)C)c1. The summed E-state index contributed by atoms with van der Waals surface area (Å²) < 4.78 is 5.63. The fourth-order valence-electron chi connectivity index (χ4n) is 3.46. The van der Waals surface area contributed by atoms with Gasteiger partial charge in [-0.15, -0.1) is 0 Å². The zero-order chi connectivity index (χ0) is 14.3. The lowest BCUT2D eigenvalue weighted by Crippen LogP contribution is -2.15. The van der Waals surface area contributed by atoms with E-state index in [0.717, 1.165) is 23.3 Å². The van der Waals surface area contributed by atoms with Gasteiger partial charge in [0.1, 0.15) is 5.76 Å². The van der Waals surface area contributed by atoms with Gasteiger partial charge in [0, 0.05) is 5.92 Å². The number of nitrogen functional groups attached to an aromatic ring is 1. The topological polar surface area (TPSA) is 52.0 Å². The lowest BCUT2D eigenvalue weighted by Gasteiger charge is -2.25. The molecule has 0 spiro atoms. The first-order valence-electron chi connectivity index (χ1n) is 7.31. The minimum Gasteiger partial charge on any atom is -0.380 e. The summed E-state index contributed by atoms with van der Waals surface area (Å²) in [5, 5.41) is 4.04. The van der Waals surface area contributed by atoms with E-state index in [1.54, 1.807) is 0 Å². The zero-order valence-electron chi connectivity index (χ0n) is 12.4. The van der Waals surface area contributed by atoms with E-state index in [0.29, 0.717) is 11.7 Å². The van der Waals surface area contributed by atoms with E-state index in [9.17, 15) is 0 Å². The highest BCUT2D eigenvalue weighted by molar-refractivity contribution is 5.76. The molecule has 1 aromatic heterocycles. The van der Waals surface area contributed by atoms with Crippen LogP contribution in [0.2, 0.25) is 0 Å². The second-order valence-electron chi connectivity index (χ2n) is 6.61. The number of aromatic nitrogens is 1. The summed E-state index contributed by atoms with van der Waals surface area (Å²) in [6.07, 6.45) is 3.62. The first-order valence-corrected chi connectivity index (χ1v) is 7.31. The van der Waals surface area contributed by atoms with Gasteiger partial charge in [-0.2, -0.15) is 0 Å². The van der Waals surface area contributed by atoms with Crippen molar-refractivity contribution in [2.75, 3.05) is 5.73 Å². The molecule has 3 rings (SSSR count). The average Bonchev–Trinajstić information content (AvgIpc) is 2.91. The molecule has 0 aliphatic heterocycles. The normalized spacial score (nSPS) is 21.2. The van der Waals surface area contributed by atoms with Crippen LogP contribution < -0.4 is 5.73 Å². The number of aryl methyl sites for hydroxylation is 1. The van der Waals surface area contributed by atoms with Crippen LogP contribution >= 0.6 is 0 Å². The molecule has 0 saturated heterocycles. The molecule has 0 bridgehead atoms. The maximum absolute atomic E-state index is 6.07. The predicted molar refractivity (Wildman–Crippen MR) is 81.5 cm³/mol. The van der Waals surface area contributed by atoms with Crippen LogP contribution in [-0.2, 0) is 0 Å². The Morgan fingerprint density at radius 3 is 2.80 bits per heavy atom. The number of hydrogen-bond acceptors (Lipinski definition) is 3. The van der Waals surface area contributed by atoms with E-state index in [1.807, 2.05) is 0 Å². The van der Waals surface area contributed by atoms with Gasteiger partial charge in [-0.05, 0) is 30.7 Å². The Bertz CT molecular complexity index is 628. The Kier molecular flexibility index (Phi) is 3.08. The van der Waals surface area contributed by atoms with Crippen molar-refractivity contribution in [2.24, 2.45) is 5.41 Å². The quantitative estimate of drug-likeness (QED) is 0.872. The molecule has 1 aromatic carbocycles. The molecule has 1 atom stereocenters. The van der Waals surface area contributed by atoms with E-state index in [1.165, 1.54) is 18.4 Å². The van der Waals surface area contributed by atoms with Crippen LogP contribution in [0.3, 0.4) is 0 Å². The number of rotatable bonds is 2. The van der Waals surface area contributed by atoms with E-state index < -0.39 is 0 Å². The van der Waals surface area contributed by atoms with Crippen molar-refractivity contribution < 1.29 is 4.52 Å². The Hall–Kier alpha value is -1.77. The molecular formula is C17H22N2O. The summed E-state index contributed by atoms with van der Waals surface area (Å²) in [5.74, 6) is 1.88. The molecule has 3 nitrogen and oxygen atoms in total. The van der Waals surface area contributed by atoms with Crippen molar-refractivity contribution in [2.45, 2.75) is 46.0 Å². The summed E-state index contributed by atoms with van der Waals surface area (Å²) in [6.45, 7) is 6.71. The molecule has 0 amide bonds. The van der Waals surface area contributed by atoms with E-state index >= 15 is 0 Å². The first kappa shape index (κ1) is 13.2. The van der Waals surface area contributed by atoms with Crippen molar-refractivity contribution in [1.29, 1.82) is 0 Å². The average molecular weight is 270 g/mol. The maximum atomic E-state index is 6.07. The Morgan fingerprint density at radius 1 is 1.35 bits per heavy atom. The predicted octanol–water partition coefficient (Wildman–Crippen LogP) is 4.53. The Labute approximate surface area is 120 Å². The highest BCUT2D eigenvalue weighted by Crippen LogP contribution is 2.51. The van der Waals surface area contributed by atoms with Crippen molar-refractivity contribution in [1.82, 2.24) is 5.16 Å². The van der Waals surface area contributed by atoms with Crippen LogP contribution in [0.15, 0.2) is 28.8 Å². The summed E-state index contributed by atoms with van der Waals surface area (Å²) in [6, 6.07) is 8.38. The van der Waals surface area contributed by atoms with Crippen molar-refractivity contribution in [3.05, 3.63) is 35.6 Å². The van der Waals surface area contributed by atoms with Gasteiger partial charge in [0.25, 0.3) is 0 Å². The Morgan fingerprint density at radius 2 is 2.15 bits per heavy atom. The summed E-state index contributed by atoms with van der Waals surface area (Å²) >= 11 is 0. The number of hydrogen-bond donors (Lipinski definition) is 1. The molecular weight excluding hydrogens is 248 g/mol. The van der Waals surface area contributed by atoms with Crippen LogP contribution in [0, 0.1) is 12.3 Å². The number of benzene rings is 1. The van der Waals surface area contributed by atoms with Crippen molar-refractivity contribution in [3.8, 4) is 11.1 Å². The molecule has 106 valence electrons. The van der Waals surface area contributed by atoms with Crippen LogP contribution in [0.5, 0.6) is 0 Å². The van der Waals surface area contributed by atoms with Crippen LogP contribution in [0.25, 0.3) is 11.1 Å².